The second kappa shape index (κ2) is 10.5. The van der Waals surface area contributed by atoms with Crippen molar-refractivity contribution in [3.05, 3.63) is 75.3 Å². The van der Waals surface area contributed by atoms with Crippen LogP contribution in [0.1, 0.15) is 16.7 Å². The summed E-state index contributed by atoms with van der Waals surface area (Å²) in [5, 5.41) is 17.0. The highest BCUT2D eigenvalue weighted by Crippen LogP contribution is 2.11. The molecule has 0 fully saturated rings. The van der Waals surface area contributed by atoms with Crippen LogP contribution in [0.4, 0.5) is 5.69 Å². The van der Waals surface area contributed by atoms with E-state index in [0.29, 0.717) is 25.6 Å². The second-order valence-corrected chi connectivity index (χ2v) is 8.35. The first-order chi connectivity index (χ1) is 13.7. The highest BCUT2D eigenvalue weighted by molar-refractivity contribution is 7.88. The maximum absolute atomic E-state index is 11.2. The Labute approximate surface area is 170 Å². The van der Waals surface area contributed by atoms with Gasteiger partial charge in [-0.25, -0.2) is 18.1 Å². The molecule has 9 nitrogen and oxygen atoms in total. The molecule has 0 saturated carbocycles. The Kier molecular flexibility index (Phi) is 8.10. The zero-order chi connectivity index (χ0) is 21.3. The van der Waals surface area contributed by atoms with E-state index >= 15 is 0 Å². The Morgan fingerprint density at radius 2 is 1.62 bits per heavy atom. The maximum atomic E-state index is 11.2. The fraction of sp³-hybridized carbons (Fsp3) is 0.316. The molecule has 0 bridgehead atoms. The summed E-state index contributed by atoms with van der Waals surface area (Å²) in [4.78, 5) is 14.8. The highest BCUT2D eigenvalue weighted by Gasteiger charge is 2.05. The molecule has 156 valence electrons. The SMILES string of the molecule is Cc1ccc(CN=C(NCCNS(C)(=O)=O)NCc2ccc([N+](=O)[O-])cc2)cc1. The van der Waals surface area contributed by atoms with E-state index in [-0.39, 0.29) is 12.2 Å². The van der Waals surface area contributed by atoms with Gasteiger partial charge in [0, 0.05) is 31.8 Å². The summed E-state index contributed by atoms with van der Waals surface area (Å²) in [6, 6.07) is 14.3. The van der Waals surface area contributed by atoms with Gasteiger partial charge in [-0.2, -0.15) is 0 Å². The molecule has 0 aromatic heterocycles. The molecule has 2 aromatic carbocycles. The lowest BCUT2D eigenvalue weighted by molar-refractivity contribution is -0.384. The van der Waals surface area contributed by atoms with Crippen LogP contribution in [0.5, 0.6) is 0 Å². The summed E-state index contributed by atoms with van der Waals surface area (Å²) in [5.74, 6) is 0.513. The Bertz CT molecular complexity index is 942. The Hall–Kier alpha value is -2.98. The van der Waals surface area contributed by atoms with Gasteiger partial charge in [0.2, 0.25) is 10.0 Å². The molecule has 0 spiro atoms. The van der Waals surface area contributed by atoms with Crippen LogP contribution in [0, 0.1) is 17.0 Å². The van der Waals surface area contributed by atoms with E-state index < -0.39 is 14.9 Å². The summed E-state index contributed by atoms with van der Waals surface area (Å²) in [6.07, 6.45) is 1.10. The molecule has 0 saturated heterocycles. The van der Waals surface area contributed by atoms with Crippen molar-refractivity contribution in [1.82, 2.24) is 15.4 Å². The smallest absolute Gasteiger partial charge is 0.269 e. The number of rotatable bonds is 9. The number of non-ortho nitro benzene ring substituents is 1. The molecule has 0 aliphatic heterocycles. The second-order valence-electron chi connectivity index (χ2n) is 6.52. The van der Waals surface area contributed by atoms with Gasteiger partial charge in [-0.15, -0.1) is 0 Å². The number of aryl methyl sites for hydroxylation is 1. The quantitative estimate of drug-likeness (QED) is 0.187. The number of hydrogen-bond acceptors (Lipinski definition) is 5. The van der Waals surface area contributed by atoms with Crippen LogP contribution in [0.3, 0.4) is 0 Å². The first kappa shape index (κ1) is 22.3. The van der Waals surface area contributed by atoms with Gasteiger partial charge in [0.25, 0.3) is 5.69 Å². The monoisotopic (exact) mass is 419 g/mol. The molecular formula is C19H25N5O4S. The van der Waals surface area contributed by atoms with Gasteiger partial charge in [0.05, 0.1) is 17.7 Å². The molecule has 0 aliphatic carbocycles. The number of nitrogens with one attached hydrogen (secondary N) is 3. The van der Waals surface area contributed by atoms with Crippen LogP contribution in [0.2, 0.25) is 0 Å². The normalized spacial score (nSPS) is 11.9. The average Bonchev–Trinajstić information content (AvgIpc) is 2.67. The molecule has 0 unspecified atom stereocenters. The van der Waals surface area contributed by atoms with Gasteiger partial charge >= 0.3 is 0 Å². The Balaban J connectivity index is 1.99. The van der Waals surface area contributed by atoms with Crippen LogP contribution in [-0.4, -0.2) is 38.6 Å². The largest absolute Gasteiger partial charge is 0.355 e. The predicted molar refractivity (Wildman–Crippen MR) is 113 cm³/mol. The highest BCUT2D eigenvalue weighted by atomic mass is 32.2. The van der Waals surface area contributed by atoms with Gasteiger partial charge in [-0.3, -0.25) is 10.1 Å². The van der Waals surface area contributed by atoms with E-state index in [9.17, 15) is 18.5 Å². The minimum atomic E-state index is -3.25. The van der Waals surface area contributed by atoms with E-state index in [2.05, 4.69) is 20.3 Å². The number of hydrogen-bond donors (Lipinski definition) is 3. The summed E-state index contributed by atoms with van der Waals surface area (Å²) in [5.41, 5.74) is 3.10. The molecule has 0 radical (unpaired) electrons. The van der Waals surface area contributed by atoms with Gasteiger partial charge in [-0.1, -0.05) is 42.0 Å². The molecule has 2 aromatic rings. The standard InChI is InChI=1S/C19H25N5O4S/c1-15-3-5-16(6-4-15)13-21-19(20-11-12-23-29(2,27)28)22-14-17-7-9-18(10-8-17)24(25)26/h3-10,23H,11-14H2,1-2H3,(H2,20,21,22). The van der Waals surface area contributed by atoms with Crippen molar-refractivity contribution in [3.8, 4) is 0 Å². The van der Waals surface area contributed by atoms with Crippen molar-refractivity contribution in [2.75, 3.05) is 19.3 Å². The number of sulfonamides is 1. The summed E-state index contributed by atoms with van der Waals surface area (Å²) >= 11 is 0. The third-order valence-corrected chi connectivity index (χ3v) is 4.66. The lowest BCUT2D eigenvalue weighted by atomic mass is 10.1. The first-order valence-corrected chi connectivity index (χ1v) is 10.9. The topological polar surface area (TPSA) is 126 Å². The minimum Gasteiger partial charge on any atom is -0.355 e. The molecular weight excluding hydrogens is 394 g/mol. The molecule has 0 amide bonds. The van der Waals surface area contributed by atoms with Crippen molar-refractivity contribution in [3.63, 3.8) is 0 Å². The van der Waals surface area contributed by atoms with Crippen molar-refractivity contribution in [1.29, 1.82) is 0 Å². The first-order valence-electron chi connectivity index (χ1n) is 8.98. The molecule has 3 N–H and O–H groups in total. The minimum absolute atomic E-state index is 0.0342. The van der Waals surface area contributed by atoms with Crippen LogP contribution in [0.25, 0.3) is 0 Å². The molecule has 2 rings (SSSR count). The van der Waals surface area contributed by atoms with Crippen LogP contribution < -0.4 is 15.4 Å². The predicted octanol–water partition coefficient (Wildman–Crippen LogP) is 1.69. The fourth-order valence-electron chi connectivity index (χ4n) is 2.38. The number of nitro benzene ring substituents is 1. The number of guanidine groups is 1. The Morgan fingerprint density at radius 3 is 2.21 bits per heavy atom. The van der Waals surface area contributed by atoms with Crippen molar-refractivity contribution in [2.24, 2.45) is 4.99 Å². The molecule has 10 heteroatoms. The van der Waals surface area contributed by atoms with Crippen LogP contribution >= 0.6 is 0 Å². The lowest BCUT2D eigenvalue weighted by Crippen LogP contribution is -2.41. The number of benzene rings is 2. The van der Waals surface area contributed by atoms with E-state index in [1.807, 2.05) is 31.2 Å². The summed E-state index contributed by atoms with van der Waals surface area (Å²) < 4.78 is 24.7. The summed E-state index contributed by atoms with van der Waals surface area (Å²) in [6.45, 7) is 3.46. The van der Waals surface area contributed by atoms with Crippen LogP contribution in [0.15, 0.2) is 53.5 Å². The van der Waals surface area contributed by atoms with Crippen LogP contribution in [-0.2, 0) is 23.1 Å². The van der Waals surface area contributed by atoms with E-state index in [1.165, 1.54) is 17.7 Å². The molecule has 0 atom stereocenters. The number of nitro groups is 1. The molecule has 29 heavy (non-hydrogen) atoms. The van der Waals surface area contributed by atoms with Gasteiger partial charge in [0.1, 0.15) is 0 Å². The molecule has 0 heterocycles. The molecule has 0 aliphatic rings. The van der Waals surface area contributed by atoms with Gasteiger partial charge < -0.3 is 10.6 Å². The van der Waals surface area contributed by atoms with E-state index in [4.69, 9.17) is 0 Å². The van der Waals surface area contributed by atoms with Gasteiger partial charge in [-0.05, 0) is 18.1 Å². The maximum Gasteiger partial charge on any atom is 0.269 e. The summed E-state index contributed by atoms with van der Waals surface area (Å²) in [7, 11) is -3.25. The fourth-order valence-corrected chi connectivity index (χ4v) is 2.85. The zero-order valence-corrected chi connectivity index (χ0v) is 17.2. The van der Waals surface area contributed by atoms with Crippen molar-refractivity contribution >= 4 is 21.7 Å². The number of aliphatic imine (C=N–C) groups is 1. The van der Waals surface area contributed by atoms with Crippen molar-refractivity contribution in [2.45, 2.75) is 20.0 Å². The lowest BCUT2D eigenvalue weighted by Gasteiger charge is -2.13. The number of nitrogens with zero attached hydrogens (tertiary/aromatic N) is 2. The average molecular weight is 420 g/mol. The third-order valence-electron chi connectivity index (χ3n) is 3.93. The van der Waals surface area contributed by atoms with Crippen molar-refractivity contribution < 1.29 is 13.3 Å². The van der Waals surface area contributed by atoms with E-state index in [1.54, 1.807) is 12.1 Å². The van der Waals surface area contributed by atoms with E-state index in [0.717, 1.165) is 17.4 Å². The Morgan fingerprint density at radius 1 is 1.00 bits per heavy atom. The van der Waals surface area contributed by atoms with Gasteiger partial charge in [0.15, 0.2) is 5.96 Å². The third kappa shape index (κ3) is 8.71. The zero-order valence-electron chi connectivity index (χ0n) is 16.4.